The van der Waals surface area contributed by atoms with Crippen LogP contribution in [0.1, 0.15) is 32.3 Å². The third kappa shape index (κ3) is 5.39. The van der Waals surface area contributed by atoms with Gasteiger partial charge in [0.1, 0.15) is 5.82 Å². The lowest BCUT2D eigenvalue weighted by atomic mass is 10.0. The van der Waals surface area contributed by atoms with Gasteiger partial charge in [-0.25, -0.2) is 4.39 Å². The van der Waals surface area contributed by atoms with Crippen LogP contribution in [0, 0.1) is 11.7 Å². The van der Waals surface area contributed by atoms with E-state index in [2.05, 4.69) is 5.32 Å². The van der Waals surface area contributed by atoms with Gasteiger partial charge < -0.3 is 11.1 Å². The number of halogens is 1. The first-order valence-corrected chi connectivity index (χ1v) is 6.81. The molecule has 19 heavy (non-hydrogen) atoms. The first kappa shape index (κ1) is 15.6. The highest BCUT2D eigenvalue weighted by Crippen LogP contribution is 2.08. The molecule has 1 aromatic rings. The number of rotatable bonds is 7. The summed E-state index contributed by atoms with van der Waals surface area (Å²) in [5.74, 6) is -0.341. The summed E-state index contributed by atoms with van der Waals surface area (Å²) in [5, 5.41) is 2.97. The fraction of sp³-hybridized carbons (Fsp3) is 0.533. The maximum Gasteiger partial charge on any atom is 0.224 e. The molecule has 0 bridgehead atoms. The second-order valence-electron chi connectivity index (χ2n) is 4.96. The van der Waals surface area contributed by atoms with Gasteiger partial charge in [0.25, 0.3) is 0 Å². The first-order valence-electron chi connectivity index (χ1n) is 6.81. The van der Waals surface area contributed by atoms with Crippen LogP contribution in [0.25, 0.3) is 0 Å². The number of nitrogens with one attached hydrogen (secondary N) is 1. The molecular formula is C15H23FN2O. The highest BCUT2D eigenvalue weighted by atomic mass is 19.1. The lowest BCUT2D eigenvalue weighted by molar-refractivity contribution is -0.125. The molecule has 0 fully saturated rings. The molecule has 0 radical (unpaired) electrons. The molecular weight excluding hydrogens is 243 g/mol. The molecule has 2 unspecified atom stereocenters. The highest BCUT2D eigenvalue weighted by Gasteiger charge is 2.17. The van der Waals surface area contributed by atoms with Gasteiger partial charge in [0.2, 0.25) is 5.91 Å². The Hall–Kier alpha value is -1.42. The fourth-order valence-corrected chi connectivity index (χ4v) is 2.09. The molecule has 0 aliphatic carbocycles. The number of carbonyl (C=O) groups is 1. The SMILES string of the molecule is CCCC(CN)C(=O)NC(C)Cc1ccc(F)cc1. The minimum Gasteiger partial charge on any atom is -0.353 e. The van der Waals surface area contributed by atoms with E-state index in [9.17, 15) is 9.18 Å². The van der Waals surface area contributed by atoms with Crippen molar-refractivity contribution in [3.05, 3.63) is 35.6 Å². The third-order valence-electron chi connectivity index (χ3n) is 3.14. The monoisotopic (exact) mass is 266 g/mol. The summed E-state index contributed by atoms with van der Waals surface area (Å²) in [7, 11) is 0. The summed E-state index contributed by atoms with van der Waals surface area (Å²) in [6.07, 6.45) is 2.45. The standard InChI is InChI=1S/C15H23FN2O/c1-3-4-13(10-17)15(19)18-11(2)9-12-5-7-14(16)8-6-12/h5-8,11,13H,3-4,9-10,17H2,1-2H3,(H,18,19). The van der Waals surface area contributed by atoms with E-state index in [1.54, 1.807) is 12.1 Å². The van der Waals surface area contributed by atoms with Crippen molar-refractivity contribution >= 4 is 5.91 Å². The zero-order valence-electron chi connectivity index (χ0n) is 11.7. The second-order valence-corrected chi connectivity index (χ2v) is 4.96. The molecule has 0 aliphatic heterocycles. The van der Waals surface area contributed by atoms with Crippen LogP contribution >= 0.6 is 0 Å². The molecule has 0 heterocycles. The Kier molecular flexibility index (Phi) is 6.50. The van der Waals surface area contributed by atoms with Gasteiger partial charge in [0.15, 0.2) is 0 Å². The van der Waals surface area contributed by atoms with Crippen LogP contribution in [0.2, 0.25) is 0 Å². The van der Waals surface area contributed by atoms with Crippen LogP contribution in [0.15, 0.2) is 24.3 Å². The number of benzene rings is 1. The molecule has 1 aromatic carbocycles. The molecule has 1 amide bonds. The number of hydrogen-bond donors (Lipinski definition) is 2. The molecule has 4 heteroatoms. The van der Waals surface area contributed by atoms with Gasteiger partial charge in [-0.2, -0.15) is 0 Å². The summed E-state index contributed by atoms with van der Waals surface area (Å²) in [6, 6.07) is 6.37. The second kappa shape index (κ2) is 7.89. The molecule has 2 atom stereocenters. The molecule has 0 saturated heterocycles. The van der Waals surface area contributed by atoms with E-state index < -0.39 is 0 Å². The van der Waals surface area contributed by atoms with Crippen LogP contribution in [0.3, 0.4) is 0 Å². The minimum absolute atomic E-state index is 0.0129. The Labute approximate surface area is 114 Å². The largest absolute Gasteiger partial charge is 0.353 e. The number of hydrogen-bond acceptors (Lipinski definition) is 2. The molecule has 0 saturated carbocycles. The topological polar surface area (TPSA) is 55.1 Å². The summed E-state index contributed by atoms with van der Waals surface area (Å²) in [6.45, 7) is 4.36. The third-order valence-corrected chi connectivity index (χ3v) is 3.14. The van der Waals surface area contributed by atoms with Crippen molar-refractivity contribution in [2.45, 2.75) is 39.2 Å². The zero-order valence-corrected chi connectivity index (χ0v) is 11.7. The van der Waals surface area contributed by atoms with E-state index in [-0.39, 0.29) is 23.7 Å². The fourth-order valence-electron chi connectivity index (χ4n) is 2.09. The predicted molar refractivity (Wildman–Crippen MR) is 75.2 cm³/mol. The van der Waals surface area contributed by atoms with Gasteiger partial charge in [-0.1, -0.05) is 25.5 Å². The quantitative estimate of drug-likeness (QED) is 0.795. The van der Waals surface area contributed by atoms with Gasteiger partial charge in [-0.15, -0.1) is 0 Å². The van der Waals surface area contributed by atoms with Crippen molar-refractivity contribution in [2.24, 2.45) is 11.7 Å². The van der Waals surface area contributed by atoms with Crippen LogP contribution in [0.5, 0.6) is 0 Å². The highest BCUT2D eigenvalue weighted by molar-refractivity contribution is 5.79. The van der Waals surface area contributed by atoms with Crippen molar-refractivity contribution in [3.63, 3.8) is 0 Å². The van der Waals surface area contributed by atoms with Gasteiger partial charge in [0, 0.05) is 12.6 Å². The van der Waals surface area contributed by atoms with Crippen LogP contribution in [0.4, 0.5) is 4.39 Å². The summed E-state index contributed by atoms with van der Waals surface area (Å²) in [4.78, 5) is 12.0. The number of nitrogens with two attached hydrogens (primary N) is 1. The lowest BCUT2D eigenvalue weighted by Gasteiger charge is -2.19. The van der Waals surface area contributed by atoms with Crippen molar-refractivity contribution in [1.29, 1.82) is 0 Å². The van der Waals surface area contributed by atoms with E-state index >= 15 is 0 Å². The lowest BCUT2D eigenvalue weighted by Crippen LogP contribution is -2.40. The van der Waals surface area contributed by atoms with E-state index in [1.165, 1.54) is 12.1 Å². The van der Waals surface area contributed by atoms with E-state index in [1.807, 2.05) is 13.8 Å². The van der Waals surface area contributed by atoms with Gasteiger partial charge in [-0.3, -0.25) is 4.79 Å². The van der Waals surface area contributed by atoms with Gasteiger partial charge in [0.05, 0.1) is 5.92 Å². The average molecular weight is 266 g/mol. The zero-order chi connectivity index (χ0) is 14.3. The molecule has 1 rings (SSSR count). The Morgan fingerprint density at radius 1 is 1.37 bits per heavy atom. The molecule has 106 valence electrons. The Balaban J connectivity index is 2.47. The van der Waals surface area contributed by atoms with Crippen LogP contribution in [-0.2, 0) is 11.2 Å². The van der Waals surface area contributed by atoms with Crippen molar-refractivity contribution in [3.8, 4) is 0 Å². The minimum atomic E-state index is -0.244. The van der Waals surface area contributed by atoms with Crippen molar-refractivity contribution < 1.29 is 9.18 Å². The Morgan fingerprint density at radius 2 is 2.00 bits per heavy atom. The Morgan fingerprint density at radius 3 is 2.53 bits per heavy atom. The van der Waals surface area contributed by atoms with Gasteiger partial charge >= 0.3 is 0 Å². The molecule has 0 aliphatic rings. The summed E-state index contributed by atoms with van der Waals surface area (Å²) in [5.41, 5.74) is 6.61. The Bertz CT molecular complexity index is 392. The number of carbonyl (C=O) groups excluding carboxylic acids is 1. The van der Waals surface area contributed by atoms with E-state index in [0.29, 0.717) is 13.0 Å². The maximum absolute atomic E-state index is 12.8. The van der Waals surface area contributed by atoms with Crippen LogP contribution < -0.4 is 11.1 Å². The maximum atomic E-state index is 12.8. The number of amides is 1. The average Bonchev–Trinajstić information content (AvgIpc) is 2.38. The molecule has 0 spiro atoms. The predicted octanol–water partition coefficient (Wildman–Crippen LogP) is 2.25. The van der Waals surface area contributed by atoms with E-state index in [4.69, 9.17) is 5.73 Å². The summed E-state index contributed by atoms with van der Waals surface area (Å²) >= 11 is 0. The normalized spacial score (nSPS) is 13.9. The van der Waals surface area contributed by atoms with E-state index in [0.717, 1.165) is 18.4 Å². The molecule has 0 aromatic heterocycles. The van der Waals surface area contributed by atoms with Crippen molar-refractivity contribution in [2.75, 3.05) is 6.54 Å². The van der Waals surface area contributed by atoms with Gasteiger partial charge in [-0.05, 0) is 37.5 Å². The summed E-state index contributed by atoms with van der Waals surface area (Å²) < 4.78 is 12.8. The molecule has 3 nitrogen and oxygen atoms in total. The van der Waals surface area contributed by atoms with Crippen molar-refractivity contribution in [1.82, 2.24) is 5.32 Å². The molecule has 3 N–H and O–H groups in total. The first-order chi connectivity index (χ1) is 9.06. The van der Waals surface area contributed by atoms with Crippen LogP contribution in [-0.4, -0.2) is 18.5 Å². The smallest absolute Gasteiger partial charge is 0.224 e.